The first kappa shape index (κ1) is 20.5. The van der Waals surface area contributed by atoms with Crippen molar-refractivity contribution in [2.45, 2.75) is 83.5 Å². The molecule has 1 N–H and O–H groups in total. The summed E-state index contributed by atoms with van der Waals surface area (Å²) >= 11 is 0. The fourth-order valence-corrected chi connectivity index (χ4v) is 5.09. The van der Waals surface area contributed by atoms with Gasteiger partial charge in [-0.2, -0.15) is 0 Å². The molecule has 0 aromatic carbocycles. The Morgan fingerprint density at radius 2 is 1.23 bits per heavy atom. The summed E-state index contributed by atoms with van der Waals surface area (Å²) in [4.78, 5) is 0. The van der Waals surface area contributed by atoms with Gasteiger partial charge in [0.25, 0.3) is 0 Å². The quantitative estimate of drug-likeness (QED) is 0.702. The van der Waals surface area contributed by atoms with Crippen molar-refractivity contribution in [3.05, 3.63) is 0 Å². The van der Waals surface area contributed by atoms with E-state index in [4.69, 9.17) is 18.0 Å². The first-order valence-corrected chi connectivity index (χ1v) is 18.2. The van der Waals surface area contributed by atoms with E-state index >= 15 is 0 Å². The SMILES string of the molecule is C[Si](C)(C)OC[C@@H]1O[C@@H](O)[C@H](O[Si](C)(C)C)[C@H]1O[Si](C)(C)C. The van der Waals surface area contributed by atoms with Crippen molar-refractivity contribution in [1.29, 1.82) is 0 Å². The lowest BCUT2D eigenvalue weighted by Crippen LogP contribution is -2.49. The first-order valence-electron chi connectivity index (χ1n) is 8.01. The van der Waals surface area contributed by atoms with Crippen LogP contribution >= 0.6 is 0 Å². The van der Waals surface area contributed by atoms with Crippen molar-refractivity contribution >= 4 is 25.0 Å². The lowest BCUT2D eigenvalue weighted by Gasteiger charge is -2.33. The van der Waals surface area contributed by atoms with Crippen LogP contribution in [0.3, 0.4) is 0 Å². The van der Waals surface area contributed by atoms with Crippen LogP contribution in [0.4, 0.5) is 0 Å². The van der Waals surface area contributed by atoms with Crippen LogP contribution in [0.5, 0.6) is 0 Å². The molecule has 1 aliphatic rings. The zero-order valence-corrected chi connectivity index (χ0v) is 18.6. The molecule has 1 aliphatic heterocycles. The molecule has 0 amide bonds. The van der Waals surface area contributed by atoms with Crippen LogP contribution in [-0.4, -0.2) is 61.3 Å². The van der Waals surface area contributed by atoms with Gasteiger partial charge in [-0.15, -0.1) is 0 Å². The van der Waals surface area contributed by atoms with E-state index in [-0.39, 0.29) is 12.2 Å². The standard InChI is InChI=1S/C14H34O5Si3/c1-20(2,3)16-10-11-12(18-21(4,5)6)13(14(15)17-11)19-22(7,8)9/h11-15H,10H2,1-9H3/t11-,12-,13+,14+/m0/s1. The molecule has 132 valence electrons. The Morgan fingerprint density at radius 1 is 0.773 bits per heavy atom. The van der Waals surface area contributed by atoms with Crippen LogP contribution in [-0.2, 0) is 18.0 Å². The molecule has 8 heteroatoms. The first-order chi connectivity index (χ1) is 9.68. The van der Waals surface area contributed by atoms with E-state index in [0.717, 1.165) is 0 Å². The lowest BCUT2D eigenvalue weighted by molar-refractivity contribution is -0.128. The molecule has 1 saturated heterocycles. The molecule has 5 nitrogen and oxygen atoms in total. The van der Waals surface area contributed by atoms with Crippen LogP contribution in [0.2, 0.25) is 58.9 Å². The molecule has 0 aliphatic carbocycles. The maximum atomic E-state index is 10.3. The molecule has 1 fully saturated rings. The molecule has 0 aromatic rings. The molecule has 4 atom stereocenters. The van der Waals surface area contributed by atoms with E-state index in [1.54, 1.807) is 0 Å². The summed E-state index contributed by atoms with van der Waals surface area (Å²) in [7, 11) is -5.23. The Morgan fingerprint density at radius 3 is 1.64 bits per heavy atom. The zero-order chi connectivity index (χ0) is 17.3. The average Bonchev–Trinajstić information content (AvgIpc) is 2.49. The highest BCUT2D eigenvalue weighted by Crippen LogP contribution is 2.30. The normalized spacial score (nSPS) is 30.8. The summed E-state index contributed by atoms with van der Waals surface area (Å²) in [5.74, 6) is 0. The minimum atomic E-state index is -1.81. The van der Waals surface area contributed by atoms with Crippen molar-refractivity contribution in [1.82, 2.24) is 0 Å². The van der Waals surface area contributed by atoms with Crippen LogP contribution < -0.4 is 0 Å². The Hall–Kier alpha value is 0.451. The summed E-state index contributed by atoms with van der Waals surface area (Å²) < 4.78 is 24.1. The van der Waals surface area contributed by atoms with Gasteiger partial charge in [0.15, 0.2) is 31.2 Å². The zero-order valence-electron chi connectivity index (χ0n) is 15.6. The smallest absolute Gasteiger partial charge is 0.184 e. The molecule has 1 heterocycles. The number of hydrogen-bond acceptors (Lipinski definition) is 5. The van der Waals surface area contributed by atoms with Gasteiger partial charge >= 0.3 is 0 Å². The highest BCUT2D eigenvalue weighted by Gasteiger charge is 2.48. The van der Waals surface area contributed by atoms with E-state index in [0.29, 0.717) is 6.61 Å². The van der Waals surface area contributed by atoms with Crippen LogP contribution in [0, 0.1) is 0 Å². The molecular formula is C14H34O5Si3. The van der Waals surface area contributed by atoms with Crippen molar-refractivity contribution in [3.8, 4) is 0 Å². The summed E-state index contributed by atoms with van der Waals surface area (Å²) in [6.45, 7) is 19.6. The van der Waals surface area contributed by atoms with E-state index in [1.165, 1.54) is 0 Å². The van der Waals surface area contributed by atoms with Gasteiger partial charge in [-0.05, 0) is 58.9 Å². The molecule has 22 heavy (non-hydrogen) atoms. The van der Waals surface area contributed by atoms with Gasteiger partial charge in [0.1, 0.15) is 18.3 Å². The van der Waals surface area contributed by atoms with E-state index < -0.39 is 37.3 Å². The molecule has 0 saturated carbocycles. The monoisotopic (exact) mass is 366 g/mol. The number of aliphatic hydroxyl groups excluding tert-OH is 1. The second-order valence-electron chi connectivity index (χ2n) is 8.88. The van der Waals surface area contributed by atoms with Gasteiger partial charge < -0.3 is 23.1 Å². The van der Waals surface area contributed by atoms with Gasteiger partial charge in [0.05, 0.1) is 6.61 Å². The summed E-state index contributed by atoms with van der Waals surface area (Å²) in [6.07, 6.45) is -1.89. The van der Waals surface area contributed by atoms with Crippen molar-refractivity contribution in [3.63, 3.8) is 0 Å². The third kappa shape index (κ3) is 7.35. The third-order valence-corrected chi connectivity index (χ3v) is 5.94. The largest absolute Gasteiger partial charge is 0.415 e. The summed E-state index contributed by atoms with van der Waals surface area (Å²) in [6, 6.07) is 0. The van der Waals surface area contributed by atoms with Crippen LogP contribution in [0.25, 0.3) is 0 Å². The predicted octanol–water partition coefficient (Wildman–Crippen LogP) is 3.00. The Balaban J connectivity index is 2.87. The number of aliphatic hydroxyl groups is 1. The van der Waals surface area contributed by atoms with Crippen molar-refractivity contribution < 1.29 is 23.1 Å². The number of hydrogen-bond donors (Lipinski definition) is 1. The molecular weight excluding hydrogens is 332 g/mol. The van der Waals surface area contributed by atoms with Gasteiger partial charge in [-0.3, -0.25) is 0 Å². The predicted molar refractivity (Wildman–Crippen MR) is 96.6 cm³/mol. The lowest BCUT2D eigenvalue weighted by atomic mass is 10.1. The van der Waals surface area contributed by atoms with Gasteiger partial charge in [-0.1, -0.05) is 0 Å². The Bertz CT molecular complexity index is 359. The van der Waals surface area contributed by atoms with Gasteiger partial charge in [-0.25, -0.2) is 0 Å². The van der Waals surface area contributed by atoms with E-state index in [2.05, 4.69) is 58.9 Å². The molecule has 0 bridgehead atoms. The maximum Gasteiger partial charge on any atom is 0.184 e. The van der Waals surface area contributed by atoms with E-state index in [9.17, 15) is 5.11 Å². The minimum absolute atomic E-state index is 0.259. The Kier molecular flexibility index (Phi) is 6.65. The Labute approximate surface area is 138 Å². The number of ether oxygens (including phenoxy) is 1. The second-order valence-corrected chi connectivity index (χ2v) is 22.3. The average molecular weight is 367 g/mol. The molecule has 0 radical (unpaired) electrons. The summed E-state index contributed by atoms with van der Waals surface area (Å²) in [5, 5.41) is 10.3. The second kappa shape index (κ2) is 7.14. The van der Waals surface area contributed by atoms with Gasteiger partial charge in [0, 0.05) is 0 Å². The number of rotatable bonds is 7. The maximum absolute atomic E-state index is 10.3. The summed E-state index contributed by atoms with van der Waals surface area (Å²) in [5.41, 5.74) is 0. The van der Waals surface area contributed by atoms with Crippen LogP contribution in [0.15, 0.2) is 0 Å². The molecule has 1 rings (SSSR count). The molecule has 0 unspecified atom stereocenters. The van der Waals surface area contributed by atoms with Gasteiger partial charge in [0.2, 0.25) is 0 Å². The van der Waals surface area contributed by atoms with E-state index in [1.807, 2.05) is 0 Å². The third-order valence-electron chi connectivity index (χ3n) is 2.95. The van der Waals surface area contributed by atoms with Crippen molar-refractivity contribution in [2.24, 2.45) is 0 Å². The molecule has 0 aromatic heterocycles. The van der Waals surface area contributed by atoms with Crippen LogP contribution in [0.1, 0.15) is 0 Å². The topological polar surface area (TPSA) is 57.2 Å². The van der Waals surface area contributed by atoms with Crippen molar-refractivity contribution in [2.75, 3.05) is 6.61 Å². The highest BCUT2D eigenvalue weighted by atomic mass is 28.4. The fourth-order valence-electron chi connectivity index (χ4n) is 2.26. The fraction of sp³-hybridized carbons (Fsp3) is 1.00. The minimum Gasteiger partial charge on any atom is -0.415 e. The highest BCUT2D eigenvalue weighted by molar-refractivity contribution is 6.70. The molecule has 0 spiro atoms.